The number of nitrogens with two attached hydrogens (primary N) is 2. The number of primary amides is 1. The zero-order chi connectivity index (χ0) is 14.1. The van der Waals surface area contributed by atoms with Gasteiger partial charge in [0.2, 0.25) is 15.9 Å². The summed E-state index contributed by atoms with van der Waals surface area (Å²) in [6.07, 6.45) is 0. The molecule has 0 spiro atoms. The number of carbonyl (C=O) groups excluding carboxylic acids is 1. The average Bonchev–Trinajstić information content (AvgIpc) is 2.19. The number of amides is 1. The van der Waals surface area contributed by atoms with Gasteiger partial charge in [0.05, 0.1) is 4.90 Å². The Labute approximate surface area is 106 Å². The zero-order valence-corrected chi connectivity index (χ0v) is 11.3. The molecule has 0 fully saturated rings. The highest BCUT2D eigenvalue weighted by Gasteiger charge is 2.32. The van der Waals surface area contributed by atoms with Gasteiger partial charge in [0.25, 0.3) is 0 Å². The summed E-state index contributed by atoms with van der Waals surface area (Å²) in [6.45, 7) is 4.44. The van der Waals surface area contributed by atoms with Crippen LogP contribution in [0.5, 0.6) is 0 Å². The lowest BCUT2D eigenvalue weighted by Crippen LogP contribution is -2.52. The van der Waals surface area contributed by atoms with E-state index in [1.54, 1.807) is 19.1 Å². The summed E-state index contributed by atoms with van der Waals surface area (Å²) in [5, 5.41) is 0. The maximum Gasteiger partial charge on any atom is 0.241 e. The molecular formula is C11H17N3O3S. The molecule has 0 saturated carbocycles. The van der Waals surface area contributed by atoms with Gasteiger partial charge in [-0.3, -0.25) is 4.79 Å². The summed E-state index contributed by atoms with van der Waals surface area (Å²) in [5.41, 5.74) is 10.2. The summed E-state index contributed by atoms with van der Waals surface area (Å²) >= 11 is 0. The van der Waals surface area contributed by atoms with Gasteiger partial charge in [0.1, 0.15) is 5.54 Å². The second-order valence-electron chi connectivity index (χ2n) is 4.62. The first-order chi connectivity index (χ1) is 8.06. The fraction of sp³-hybridized carbons (Fsp3) is 0.364. The molecule has 0 saturated heterocycles. The fourth-order valence-electron chi connectivity index (χ4n) is 1.35. The van der Waals surface area contributed by atoms with Gasteiger partial charge in [-0.15, -0.1) is 0 Å². The Morgan fingerprint density at radius 2 is 1.89 bits per heavy atom. The molecule has 0 unspecified atom stereocenters. The minimum Gasteiger partial charge on any atom is -0.399 e. The van der Waals surface area contributed by atoms with Crippen molar-refractivity contribution in [2.75, 3.05) is 5.73 Å². The van der Waals surface area contributed by atoms with Crippen molar-refractivity contribution >= 4 is 21.6 Å². The monoisotopic (exact) mass is 271 g/mol. The first-order valence-corrected chi connectivity index (χ1v) is 6.74. The molecule has 7 heteroatoms. The Kier molecular flexibility index (Phi) is 3.68. The van der Waals surface area contributed by atoms with Crippen molar-refractivity contribution in [2.24, 2.45) is 5.73 Å². The smallest absolute Gasteiger partial charge is 0.241 e. The van der Waals surface area contributed by atoms with E-state index in [0.717, 1.165) is 0 Å². The van der Waals surface area contributed by atoms with E-state index in [-0.39, 0.29) is 4.90 Å². The topological polar surface area (TPSA) is 115 Å². The standard InChI is InChI=1S/C11H17N3O3S/c1-7-4-5-8(12)6-9(7)18(16,17)14-11(2,3)10(13)15/h4-6,14H,12H2,1-3H3,(H2,13,15). The van der Waals surface area contributed by atoms with Crippen molar-refractivity contribution in [2.45, 2.75) is 31.2 Å². The van der Waals surface area contributed by atoms with Crippen LogP contribution in [0.1, 0.15) is 19.4 Å². The lowest BCUT2D eigenvalue weighted by atomic mass is 10.1. The first kappa shape index (κ1) is 14.5. The third-order valence-corrected chi connectivity index (χ3v) is 4.31. The van der Waals surface area contributed by atoms with Gasteiger partial charge >= 0.3 is 0 Å². The Balaban J connectivity index is 3.23. The summed E-state index contributed by atoms with van der Waals surface area (Å²) in [7, 11) is -3.85. The summed E-state index contributed by atoms with van der Waals surface area (Å²) in [5.74, 6) is -0.757. The largest absolute Gasteiger partial charge is 0.399 e. The van der Waals surface area contributed by atoms with Crippen LogP contribution < -0.4 is 16.2 Å². The number of sulfonamides is 1. The minimum absolute atomic E-state index is 0.0387. The van der Waals surface area contributed by atoms with Crippen molar-refractivity contribution in [3.63, 3.8) is 0 Å². The van der Waals surface area contributed by atoms with E-state index in [1.807, 2.05) is 0 Å². The number of hydrogen-bond donors (Lipinski definition) is 3. The average molecular weight is 271 g/mol. The van der Waals surface area contributed by atoms with Crippen molar-refractivity contribution < 1.29 is 13.2 Å². The van der Waals surface area contributed by atoms with Crippen molar-refractivity contribution in [1.29, 1.82) is 0 Å². The molecule has 100 valence electrons. The van der Waals surface area contributed by atoms with Crippen LogP contribution in [0.15, 0.2) is 23.1 Å². The molecule has 0 heterocycles. The second kappa shape index (κ2) is 4.58. The highest BCUT2D eigenvalue weighted by Crippen LogP contribution is 2.20. The van der Waals surface area contributed by atoms with E-state index < -0.39 is 21.5 Å². The molecule has 0 bridgehead atoms. The van der Waals surface area contributed by atoms with Crippen molar-refractivity contribution in [3.8, 4) is 0 Å². The van der Waals surface area contributed by atoms with E-state index in [4.69, 9.17) is 11.5 Å². The molecule has 0 aliphatic heterocycles. The van der Waals surface area contributed by atoms with Crippen molar-refractivity contribution in [3.05, 3.63) is 23.8 Å². The predicted octanol–water partition coefficient (Wildman–Crippen LogP) is 0.119. The third kappa shape index (κ3) is 2.99. The van der Waals surface area contributed by atoms with Gasteiger partial charge < -0.3 is 11.5 Å². The summed E-state index contributed by atoms with van der Waals surface area (Å²) < 4.78 is 26.6. The maximum atomic E-state index is 12.2. The van der Waals surface area contributed by atoms with Gasteiger partial charge in [0, 0.05) is 5.69 Å². The van der Waals surface area contributed by atoms with E-state index in [1.165, 1.54) is 19.9 Å². The zero-order valence-electron chi connectivity index (χ0n) is 10.5. The highest BCUT2D eigenvalue weighted by atomic mass is 32.2. The molecule has 18 heavy (non-hydrogen) atoms. The molecule has 0 aliphatic rings. The number of benzene rings is 1. The second-order valence-corrected chi connectivity index (χ2v) is 6.27. The molecule has 1 aromatic carbocycles. The summed E-state index contributed by atoms with van der Waals surface area (Å²) in [4.78, 5) is 11.2. The minimum atomic E-state index is -3.85. The van der Waals surface area contributed by atoms with Crippen molar-refractivity contribution in [1.82, 2.24) is 4.72 Å². The Hall–Kier alpha value is -1.60. The Morgan fingerprint density at radius 1 is 1.33 bits per heavy atom. The number of hydrogen-bond acceptors (Lipinski definition) is 4. The summed E-state index contributed by atoms with van der Waals surface area (Å²) in [6, 6.07) is 4.55. The van der Waals surface area contributed by atoms with Crippen LogP contribution in [-0.2, 0) is 14.8 Å². The first-order valence-electron chi connectivity index (χ1n) is 5.26. The molecule has 6 nitrogen and oxygen atoms in total. The van der Waals surface area contributed by atoms with Crippen LogP contribution in [0.2, 0.25) is 0 Å². The van der Waals surface area contributed by atoms with Gasteiger partial charge in [0.15, 0.2) is 0 Å². The molecule has 0 radical (unpaired) electrons. The fourth-order valence-corrected chi connectivity index (χ4v) is 3.01. The normalized spacial score (nSPS) is 12.4. The highest BCUT2D eigenvalue weighted by molar-refractivity contribution is 7.89. The molecule has 0 aliphatic carbocycles. The number of nitrogens with one attached hydrogen (secondary N) is 1. The quantitative estimate of drug-likeness (QED) is 0.674. The van der Waals surface area contributed by atoms with Crippen LogP contribution in [-0.4, -0.2) is 19.9 Å². The molecule has 0 atom stereocenters. The number of nitrogen functional groups attached to an aromatic ring is 1. The molecule has 1 aromatic rings. The van der Waals surface area contributed by atoms with Crippen LogP contribution in [0.4, 0.5) is 5.69 Å². The Bertz CT molecular complexity index is 579. The number of aryl methyl sites for hydroxylation is 1. The van der Waals surface area contributed by atoms with Gasteiger partial charge in [-0.05, 0) is 38.5 Å². The predicted molar refractivity (Wildman–Crippen MR) is 69.2 cm³/mol. The van der Waals surface area contributed by atoms with E-state index in [9.17, 15) is 13.2 Å². The van der Waals surface area contributed by atoms with Crippen LogP contribution in [0.3, 0.4) is 0 Å². The molecule has 1 rings (SSSR count). The number of anilines is 1. The number of carbonyl (C=O) groups is 1. The Morgan fingerprint density at radius 3 is 2.39 bits per heavy atom. The van der Waals surface area contributed by atoms with Crippen LogP contribution >= 0.6 is 0 Å². The molecule has 1 amide bonds. The molecule has 5 N–H and O–H groups in total. The molecular weight excluding hydrogens is 254 g/mol. The number of rotatable bonds is 4. The van der Waals surface area contributed by atoms with Gasteiger partial charge in [-0.1, -0.05) is 6.07 Å². The lowest BCUT2D eigenvalue weighted by Gasteiger charge is -2.22. The van der Waals surface area contributed by atoms with Gasteiger partial charge in [-0.2, -0.15) is 4.72 Å². The van der Waals surface area contributed by atoms with E-state index in [2.05, 4.69) is 4.72 Å². The molecule has 0 aromatic heterocycles. The van der Waals surface area contributed by atoms with E-state index in [0.29, 0.717) is 11.3 Å². The van der Waals surface area contributed by atoms with E-state index >= 15 is 0 Å². The van der Waals surface area contributed by atoms with Crippen LogP contribution in [0.25, 0.3) is 0 Å². The SMILES string of the molecule is Cc1ccc(N)cc1S(=O)(=O)NC(C)(C)C(N)=O. The van der Waals surface area contributed by atoms with Crippen LogP contribution in [0, 0.1) is 6.92 Å². The van der Waals surface area contributed by atoms with Gasteiger partial charge in [-0.25, -0.2) is 8.42 Å². The maximum absolute atomic E-state index is 12.2. The lowest BCUT2D eigenvalue weighted by molar-refractivity contribution is -0.122. The third-order valence-electron chi connectivity index (χ3n) is 2.51.